The minimum absolute atomic E-state index is 0. The van der Waals surface area contributed by atoms with Crippen molar-refractivity contribution in [1.82, 2.24) is 5.32 Å². The van der Waals surface area contributed by atoms with Crippen molar-refractivity contribution in [2.75, 3.05) is 13.1 Å². The standard InChI is InChI=1S/C12H24N2O.ClH/c1-10(2)8-12(5-3-6-12)9-14-11(15)4-7-13;/h10H,3-9,13H2,1-2H3,(H,14,15);1H. The summed E-state index contributed by atoms with van der Waals surface area (Å²) < 4.78 is 0. The average molecular weight is 249 g/mol. The third-order valence-corrected chi connectivity index (χ3v) is 3.29. The van der Waals surface area contributed by atoms with E-state index >= 15 is 0 Å². The first-order valence-electron chi connectivity index (χ1n) is 6.05. The second kappa shape index (κ2) is 7.13. The van der Waals surface area contributed by atoms with Crippen molar-refractivity contribution in [1.29, 1.82) is 0 Å². The maximum Gasteiger partial charge on any atom is 0.221 e. The molecule has 1 aliphatic rings. The van der Waals surface area contributed by atoms with Crippen molar-refractivity contribution < 1.29 is 4.79 Å². The molecule has 0 aromatic rings. The van der Waals surface area contributed by atoms with E-state index in [1.165, 1.54) is 25.7 Å². The summed E-state index contributed by atoms with van der Waals surface area (Å²) in [7, 11) is 0. The van der Waals surface area contributed by atoms with Crippen molar-refractivity contribution in [3.63, 3.8) is 0 Å². The Kier molecular flexibility index (Phi) is 7.00. The van der Waals surface area contributed by atoms with Crippen LogP contribution in [0.5, 0.6) is 0 Å². The first kappa shape index (κ1) is 15.7. The van der Waals surface area contributed by atoms with E-state index in [9.17, 15) is 4.79 Å². The number of amides is 1. The van der Waals surface area contributed by atoms with Crippen molar-refractivity contribution in [2.45, 2.75) is 46.0 Å². The van der Waals surface area contributed by atoms with Crippen LogP contribution in [0.1, 0.15) is 46.0 Å². The highest BCUT2D eigenvalue weighted by molar-refractivity contribution is 5.85. The zero-order valence-electron chi connectivity index (χ0n) is 10.4. The smallest absolute Gasteiger partial charge is 0.221 e. The molecule has 96 valence electrons. The van der Waals surface area contributed by atoms with Gasteiger partial charge in [-0.3, -0.25) is 4.79 Å². The first-order valence-corrected chi connectivity index (χ1v) is 6.05. The maximum atomic E-state index is 11.3. The van der Waals surface area contributed by atoms with Gasteiger partial charge in [-0.05, 0) is 30.6 Å². The molecule has 3 nitrogen and oxygen atoms in total. The summed E-state index contributed by atoms with van der Waals surface area (Å²) >= 11 is 0. The first-order chi connectivity index (χ1) is 7.08. The number of nitrogens with two attached hydrogens (primary N) is 1. The summed E-state index contributed by atoms with van der Waals surface area (Å²) in [6, 6.07) is 0. The van der Waals surface area contributed by atoms with Crippen LogP contribution in [0.3, 0.4) is 0 Å². The lowest BCUT2D eigenvalue weighted by molar-refractivity contribution is -0.121. The van der Waals surface area contributed by atoms with Gasteiger partial charge < -0.3 is 11.1 Å². The molecule has 0 bridgehead atoms. The lowest BCUT2D eigenvalue weighted by Crippen LogP contribution is -2.43. The van der Waals surface area contributed by atoms with Crippen LogP contribution in [-0.4, -0.2) is 19.0 Å². The lowest BCUT2D eigenvalue weighted by Gasteiger charge is -2.43. The Morgan fingerprint density at radius 1 is 1.44 bits per heavy atom. The number of nitrogens with one attached hydrogen (secondary N) is 1. The minimum Gasteiger partial charge on any atom is -0.356 e. The quantitative estimate of drug-likeness (QED) is 0.756. The zero-order chi connectivity index (χ0) is 11.3. The van der Waals surface area contributed by atoms with Gasteiger partial charge in [-0.1, -0.05) is 20.3 Å². The van der Waals surface area contributed by atoms with E-state index in [2.05, 4.69) is 19.2 Å². The number of hydrogen-bond acceptors (Lipinski definition) is 2. The van der Waals surface area contributed by atoms with Crippen molar-refractivity contribution in [2.24, 2.45) is 17.1 Å². The third kappa shape index (κ3) is 4.71. The van der Waals surface area contributed by atoms with Crippen LogP contribution in [0.15, 0.2) is 0 Å². The number of halogens is 1. The van der Waals surface area contributed by atoms with Gasteiger partial charge in [-0.15, -0.1) is 12.4 Å². The molecule has 1 rings (SSSR count). The summed E-state index contributed by atoms with van der Waals surface area (Å²) in [6.07, 6.45) is 5.55. The molecule has 16 heavy (non-hydrogen) atoms. The molecule has 0 aliphatic heterocycles. The van der Waals surface area contributed by atoms with Crippen LogP contribution in [-0.2, 0) is 4.79 Å². The molecule has 0 unspecified atom stereocenters. The summed E-state index contributed by atoms with van der Waals surface area (Å²) in [4.78, 5) is 11.3. The largest absolute Gasteiger partial charge is 0.356 e. The molecule has 0 heterocycles. The number of hydrogen-bond donors (Lipinski definition) is 2. The molecule has 3 N–H and O–H groups in total. The van der Waals surface area contributed by atoms with Crippen LogP contribution >= 0.6 is 12.4 Å². The number of carbonyl (C=O) groups excluding carboxylic acids is 1. The van der Waals surface area contributed by atoms with E-state index in [1.807, 2.05) is 0 Å². The van der Waals surface area contributed by atoms with Crippen LogP contribution in [0.4, 0.5) is 0 Å². The van der Waals surface area contributed by atoms with E-state index in [1.54, 1.807) is 0 Å². The Hall–Kier alpha value is -0.280. The molecule has 1 saturated carbocycles. The fourth-order valence-electron chi connectivity index (χ4n) is 2.50. The van der Waals surface area contributed by atoms with Crippen LogP contribution in [0, 0.1) is 11.3 Å². The molecule has 1 amide bonds. The molecule has 4 heteroatoms. The molecular formula is C12H25ClN2O. The molecule has 0 spiro atoms. The Morgan fingerprint density at radius 2 is 2.06 bits per heavy atom. The van der Waals surface area contributed by atoms with Gasteiger partial charge in [0, 0.05) is 19.5 Å². The van der Waals surface area contributed by atoms with Crippen LogP contribution in [0.25, 0.3) is 0 Å². The molecule has 0 aromatic carbocycles. The Labute approximate surface area is 105 Å². The van der Waals surface area contributed by atoms with Gasteiger partial charge in [0.2, 0.25) is 5.91 Å². The van der Waals surface area contributed by atoms with Crippen LogP contribution in [0.2, 0.25) is 0 Å². The number of carbonyl (C=O) groups is 1. The molecule has 0 radical (unpaired) electrons. The molecule has 1 aliphatic carbocycles. The van der Waals surface area contributed by atoms with Gasteiger partial charge >= 0.3 is 0 Å². The van der Waals surface area contributed by atoms with E-state index in [0.29, 0.717) is 18.4 Å². The SMILES string of the molecule is CC(C)CC1(CNC(=O)CCN)CCC1.Cl. The highest BCUT2D eigenvalue weighted by Gasteiger charge is 2.37. The van der Waals surface area contributed by atoms with Crippen molar-refractivity contribution >= 4 is 18.3 Å². The molecule has 1 fully saturated rings. The van der Waals surface area contributed by atoms with Gasteiger partial charge in [-0.25, -0.2) is 0 Å². The van der Waals surface area contributed by atoms with E-state index in [4.69, 9.17) is 5.73 Å². The Bertz CT molecular complexity index is 215. The summed E-state index contributed by atoms with van der Waals surface area (Å²) in [5.74, 6) is 0.823. The Balaban J connectivity index is 0.00000225. The molecule has 0 atom stereocenters. The fraction of sp³-hybridized carbons (Fsp3) is 0.917. The zero-order valence-corrected chi connectivity index (χ0v) is 11.2. The highest BCUT2D eigenvalue weighted by Crippen LogP contribution is 2.45. The van der Waals surface area contributed by atoms with Gasteiger partial charge in [0.1, 0.15) is 0 Å². The summed E-state index contributed by atoms with van der Waals surface area (Å²) in [6.45, 7) is 5.80. The van der Waals surface area contributed by atoms with Crippen molar-refractivity contribution in [3.05, 3.63) is 0 Å². The van der Waals surface area contributed by atoms with E-state index in [0.717, 1.165) is 12.5 Å². The predicted molar refractivity (Wildman–Crippen MR) is 69.7 cm³/mol. The molecular weight excluding hydrogens is 224 g/mol. The highest BCUT2D eigenvalue weighted by atomic mass is 35.5. The van der Waals surface area contributed by atoms with Gasteiger partial charge in [-0.2, -0.15) is 0 Å². The van der Waals surface area contributed by atoms with Crippen molar-refractivity contribution in [3.8, 4) is 0 Å². The molecule has 0 aromatic heterocycles. The second-order valence-electron chi connectivity index (χ2n) is 5.27. The van der Waals surface area contributed by atoms with Gasteiger partial charge in [0.05, 0.1) is 0 Å². The topological polar surface area (TPSA) is 55.1 Å². The van der Waals surface area contributed by atoms with E-state index in [-0.39, 0.29) is 18.3 Å². The van der Waals surface area contributed by atoms with Gasteiger partial charge in [0.25, 0.3) is 0 Å². The van der Waals surface area contributed by atoms with Crippen LogP contribution < -0.4 is 11.1 Å². The Morgan fingerprint density at radius 3 is 2.44 bits per heavy atom. The number of rotatable bonds is 6. The third-order valence-electron chi connectivity index (χ3n) is 3.29. The summed E-state index contributed by atoms with van der Waals surface area (Å²) in [5, 5.41) is 3.01. The fourth-order valence-corrected chi connectivity index (χ4v) is 2.50. The maximum absolute atomic E-state index is 11.3. The normalized spacial score (nSPS) is 17.5. The lowest BCUT2D eigenvalue weighted by atomic mass is 9.64. The minimum atomic E-state index is 0. The molecule has 0 saturated heterocycles. The van der Waals surface area contributed by atoms with E-state index < -0.39 is 0 Å². The average Bonchev–Trinajstić information content (AvgIpc) is 2.09. The van der Waals surface area contributed by atoms with Gasteiger partial charge in [0.15, 0.2) is 0 Å². The second-order valence-corrected chi connectivity index (χ2v) is 5.27. The monoisotopic (exact) mass is 248 g/mol. The predicted octanol–water partition coefficient (Wildman–Crippen LogP) is 2.09. The summed E-state index contributed by atoms with van der Waals surface area (Å²) in [5.41, 5.74) is 5.74.